The number of nitrogens with one attached hydrogen (secondary N) is 1. The van der Waals surface area contributed by atoms with Gasteiger partial charge < -0.3 is 25.0 Å². The van der Waals surface area contributed by atoms with Crippen molar-refractivity contribution in [3.63, 3.8) is 0 Å². The SMILES string of the molecule is COC(=O)c1cc(OC)cc(NCC(O)CCl)c1O. The minimum absolute atomic E-state index is 0.0234. The summed E-state index contributed by atoms with van der Waals surface area (Å²) in [5.74, 6) is -0.519. The van der Waals surface area contributed by atoms with Gasteiger partial charge in [0.05, 0.1) is 31.9 Å². The Kier molecular flexibility index (Phi) is 5.72. The van der Waals surface area contributed by atoms with Crippen molar-refractivity contribution in [3.05, 3.63) is 17.7 Å². The van der Waals surface area contributed by atoms with E-state index in [9.17, 15) is 15.0 Å². The Morgan fingerprint density at radius 1 is 1.47 bits per heavy atom. The van der Waals surface area contributed by atoms with E-state index in [-0.39, 0.29) is 29.4 Å². The van der Waals surface area contributed by atoms with E-state index in [4.69, 9.17) is 16.3 Å². The maximum atomic E-state index is 11.5. The van der Waals surface area contributed by atoms with Crippen molar-refractivity contribution in [3.8, 4) is 11.5 Å². The number of carbonyl (C=O) groups excluding carboxylic acids is 1. The summed E-state index contributed by atoms with van der Waals surface area (Å²) in [6, 6.07) is 2.87. The Balaban J connectivity index is 3.05. The van der Waals surface area contributed by atoms with Crippen molar-refractivity contribution in [1.29, 1.82) is 0 Å². The normalized spacial score (nSPS) is 11.8. The van der Waals surface area contributed by atoms with E-state index in [0.717, 1.165) is 0 Å². The van der Waals surface area contributed by atoms with Crippen LogP contribution in [0.3, 0.4) is 0 Å². The van der Waals surface area contributed by atoms with Crippen LogP contribution in [0.5, 0.6) is 11.5 Å². The minimum atomic E-state index is -0.770. The second-order valence-electron chi connectivity index (χ2n) is 3.75. The zero-order valence-electron chi connectivity index (χ0n) is 10.6. The average molecular weight is 290 g/mol. The van der Waals surface area contributed by atoms with Crippen molar-refractivity contribution in [2.24, 2.45) is 0 Å². The molecule has 3 N–H and O–H groups in total. The Morgan fingerprint density at radius 2 is 2.16 bits per heavy atom. The molecule has 106 valence electrons. The van der Waals surface area contributed by atoms with Gasteiger partial charge in [-0.3, -0.25) is 0 Å². The summed E-state index contributed by atoms with van der Waals surface area (Å²) >= 11 is 5.47. The molecule has 0 saturated carbocycles. The van der Waals surface area contributed by atoms with Crippen LogP contribution in [0.4, 0.5) is 5.69 Å². The van der Waals surface area contributed by atoms with E-state index in [0.29, 0.717) is 5.75 Å². The molecule has 1 aromatic rings. The number of alkyl halides is 1. The number of rotatable bonds is 6. The van der Waals surface area contributed by atoms with Crippen LogP contribution in [-0.4, -0.2) is 48.9 Å². The maximum absolute atomic E-state index is 11.5. The van der Waals surface area contributed by atoms with Crippen LogP contribution in [0, 0.1) is 0 Å². The first kappa shape index (κ1) is 15.4. The third kappa shape index (κ3) is 3.90. The first-order valence-electron chi connectivity index (χ1n) is 5.50. The summed E-state index contributed by atoms with van der Waals surface area (Å²) in [7, 11) is 2.65. The molecule has 0 aliphatic rings. The topological polar surface area (TPSA) is 88.0 Å². The molecule has 0 bridgehead atoms. The van der Waals surface area contributed by atoms with Gasteiger partial charge in [0.2, 0.25) is 0 Å². The second-order valence-corrected chi connectivity index (χ2v) is 4.06. The van der Waals surface area contributed by atoms with E-state index < -0.39 is 12.1 Å². The number of aliphatic hydroxyl groups excluding tert-OH is 1. The molecule has 0 spiro atoms. The van der Waals surface area contributed by atoms with Gasteiger partial charge in [-0.15, -0.1) is 11.6 Å². The number of phenolic OH excluding ortho intramolecular Hbond substituents is 1. The molecule has 0 heterocycles. The predicted octanol–water partition coefficient (Wildman–Crippen LogP) is 1.20. The van der Waals surface area contributed by atoms with Crippen molar-refractivity contribution in [1.82, 2.24) is 0 Å². The van der Waals surface area contributed by atoms with Gasteiger partial charge in [-0.2, -0.15) is 0 Å². The Labute approximate surface area is 115 Å². The number of esters is 1. The number of ether oxygens (including phenoxy) is 2. The second kappa shape index (κ2) is 7.06. The molecule has 1 atom stereocenters. The van der Waals surface area contributed by atoms with Gasteiger partial charge in [-0.05, 0) is 6.07 Å². The molecular formula is C12H16ClNO5. The quantitative estimate of drug-likeness (QED) is 0.414. The monoisotopic (exact) mass is 289 g/mol. The fraction of sp³-hybridized carbons (Fsp3) is 0.417. The molecular weight excluding hydrogens is 274 g/mol. The van der Waals surface area contributed by atoms with Gasteiger partial charge in [-0.25, -0.2) is 4.79 Å². The van der Waals surface area contributed by atoms with Crippen LogP contribution in [0.25, 0.3) is 0 Å². The molecule has 0 amide bonds. The first-order valence-corrected chi connectivity index (χ1v) is 6.04. The van der Waals surface area contributed by atoms with Crippen LogP contribution in [0.1, 0.15) is 10.4 Å². The van der Waals surface area contributed by atoms with E-state index in [1.807, 2.05) is 0 Å². The molecule has 7 heteroatoms. The van der Waals surface area contributed by atoms with Crippen LogP contribution in [0.2, 0.25) is 0 Å². The number of hydrogen-bond acceptors (Lipinski definition) is 6. The molecule has 1 rings (SSSR count). The highest BCUT2D eigenvalue weighted by Crippen LogP contribution is 2.33. The lowest BCUT2D eigenvalue weighted by atomic mass is 10.1. The number of anilines is 1. The molecule has 0 saturated heterocycles. The highest BCUT2D eigenvalue weighted by molar-refractivity contribution is 6.18. The lowest BCUT2D eigenvalue weighted by molar-refractivity contribution is 0.0597. The number of halogens is 1. The van der Waals surface area contributed by atoms with Gasteiger partial charge in [0.15, 0.2) is 5.75 Å². The fourth-order valence-corrected chi connectivity index (χ4v) is 1.52. The predicted molar refractivity (Wildman–Crippen MR) is 71.2 cm³/mol. The van der Waals surface area contributed by atoms with Gasteiger partial charge in [0.25, 0.3) is 0 Å². The molecule has 0 aliphatic carbocycles. The smallest absolute Gasteiger partial charge is 0.341 e. The first-order chi connectivity index (χ1) is 9.03. The van der Waals surface area contributed by atoms with Gasteiger partial charge in [0.1, 0.15) is 11.3 Å². The molecule has 1 unspecified atom stereocenters. The van der Waals surface area contributed by atoms with Crippen LogP contribution in [-0.2, 0) is 4.74 Å². The number of methoxy groups -OCH3 is 2. The summed E-state index contributed by atoms with van der Waals surface area (Å²) in [6.07, 6.45) is -0.770. The highest BCUT2D eigenvalue weighted by atomic mass is 35.5. The molecule has 0 aromatic heterocycles. The Bertz CT molecular complexity index is 452. The summed E-state index contributed by atoms with van der Waals surface area (Å²) in [5.41, 5.74) is 0.230. The minimum Gasteiger partial charge on any atom is -0.505 e. The van der Waals surface area contributed by atoms with E-state index in [2.05, 4.69) is 10.1 Å². The zero-order chi connectivity index (χ0) is 14.4. The molecule has 1 aromatic carbocycles. The average Bonchev–Trinajstić information content (AvgIpc) is 2.44. The van der Waals surface area contributed by atoms with Crippen LogP contribution < -0.4 is 10.1 Å². The molecule has 0 radical (unpaired) electrons. The van der Waals surface area contributed by atoms with Crippen LogP contribution in [0.15, 0.2) is 12.1 Å². The molecule has 19 heavy (non-hydrogen) atoms. The largest absolute Gasteiger partial charge is 0.505 e. The third-order valence-corrected chi connectivity index (χ3v) is 2.79. The van der Waals surface area contributed by atoms with Crippen LogP contribution >= 0.6 is 11.6 Å². The number of aliphatic hydroxyl groups is 1. The number of hydrogen-bond donors (Lipinski definition) is 3. The lowest BCUT2D eigenvalue weighted by Gasteiger charge is -2.14. The van der Waals surface area contributed by atoms with Gasteiger partial charge in [0, 0.05) is 12.6 Å². The fourth-order valence-electron chi connectivity index (χ4n) is 1.41. The number of phenols is 1. The standard InChI is InChI=1S/C12H16ClNO5/c1-18-8-3-9(12(17)19-2)11(16)10(4-8)14-6-7(15)5-13/h3-4,7,14-16H,5-6H2,1-2H3. The third-order valence-electron chi connectivity index (χ3n) is 2.43. The van der Waals surface area contributed by atoms with E-state index in [1.165, 1.54) is 26.4 Å². The van der Waals surface area contributed by atoms with Crippen molar-refractivity contribution >= 4 is 23.3 Å². The number of carbonyl (C=O) groups is 1. The summed E-state index contributed by atoms with van der Waals surface area (Å²) in [5, 5.41) is 22.1. The zero-order valence-corrected chi connectivity index (χ0v) is 11.4. The number of benzene rings is 1. The highest BCUT2D eigenvalue weighted by Gasteiger charge is 2.17. The van der Waals surface area contributed by atoms with Crippen molar-refractivity contribution < 1.29 is 24.5 Å². The summed E-state index contributed by atoms with van der Waals surface area (Å²) < 4.78 is 9.60. The summed E-state index contributed by atoms with van der Waals surface area (Å²) in [4.78, 5) is 11.5. The molecule has 0 fully saturated rings. The van der Waals surface area contributed by atoms with Gasteiger partial charge >= 0.3 is 5.97 Å². The number of aromatic hydroxyl groups is 1. The Hall–Kier alpha value is -1.66. The summed E-state index contributed by atoms with van der Waals surface area (Å²) in [6.45, 7) is 0.130. The lowest BCUT2D eigenvalue weighted by Crippen LogP contribution is -2.21. The van der Waals surface area contributed by atoms with E-state index in [1.54, 1.807) is 0 Å². The maximum Gasteiger partial charge on any atom is 0.341 e. The van der Waals surface area contributed by atoms with Crippen molar-refractivity contribution in [2.75, 3.05) is 32.0 Å². The Morgan fingerprint density at radius 3 is 2.68 bits per heavy atom. The van der Waals surface area contributed by atoms with Gasteiger partial charge in [-0.1, -0.05) is 0 Å². The molecule has 6 nitrogen and oxygen atoms in total. The molecule has 0 aliphatic heterocycles. The van der Waals surface area contributed by atoms with Crippen molar-refractivity contribution in [2.45, 2.75) is 6.10 Å². The van der Waals surface area contributed by atoms with E-state index >= 15 is 0 Å².